The van der Waals surface area contributed by atoms with Crippen molar-refractivity contribution in [1.82, 2.24) is 20.4 Å². The molecule has 1 saturated carbocycles. The molecule has 4 aliphatic rings. The van der Waals surface area contributed by atoms with E-state index in [1.165, 1.54) is 0 Å². The number of nitrogens with zero attached hydrogens (tertiary/aromatic N) is 3. The van der Waals surface area contributed by atoms with E-state index in [0.717, 1.165) is 81.2 Å². The fourth-order valence-electron chi connectivity index (χ4n) is 8.41. The van der Waals surface area contributed by atoms with Gasteiger partial charge in [0.05, 0.1) is 11.1 Å². The number of carbonyl (C=O) groups is 5. The number of nitrogens with one attached hydrogen (secondary N) is 3. The topological polar surface area (TPSA) is 131 Å². The second-order valence-corrected chi connectivity index (χ2v) is 15.1. The summed E-state index contributed by atoms with van der Waals surface area (Å²) in [6.07, 6.45) is 4.48. The van der Waals surface area contributed by atoms with Crippen molar-refractivity contribution in [2.45, 2.75) is 78.3 Å². The smallest absolute Gasteiger partial charge is 0.262 e. The van der Waals surface area contributed by atoms with Crippen molar-refractivity contribution < 1.29 is 24.0 Å². The minimum Gasteiger partial charge on any atom is -0.385 e. The molecule has 3 heterocycles. The molecule has 3 N–H and O–H groups in total. The fraction of sp³-hybridized carbons (Fsp3) is 0.541. The zero-order valence-corrected chi connectivity index (χ0v) is 28.6. The van der Waals surface area contributed by atoms with Crippen LogP contribution in [0.5, 0.6) is 0 Å². The first-order valence-electron chi connectivity index (χ1n) is 17.3. The number of benzene rings is 2. The monoisotopic (exact) mass is 656 g/mol. The maximum Gasteiger partial charge on any atom is 0.262 e. The lowest BCUT2D eigenvalue weighted by Crippen LogP contribution is -2.63. The van der Waals surface area contributed by atoms with Crippen molar-refractivity contribution in [2.24, 2.45) is 10.8 Å². The Morgan fingerprint density at radius 1 is 0.854 bits per heavy atom. The highest BCUT2D eigenvalue weighted by atomic mass is 16.2. The summed E-state index contributed by atoms with van der Waals surface area (Å²) in [6, 6.07) is 12.3. The third-order valence-electron chi connectivity index (χ3n) is 10.5. The van der Waals surface area contributed by atoms with Crippen LogP contribution in [0.4, 0.5) is 11.4 Å². The van der Waals surface area contributed by atoms with Crippen LogP contribution in [0.1, 0.15) is 97.3 Å². The highest BCUT2D eigenvalue weighted by molar-refractivity contribution is 6.23. The standard InChI is InChI=1S/C37H48N6O5/c1-36(2)23-37(3,4)35(36)40-31(45)24-8-11-26(12-9-24)42-20-18-41(19-21-42)17-7-5-6-16-38-25-10-13-27-28(22-25)34(48)43(33(27)47)29-14-15-30(44)39-32(29)46/h8-13,22,29,35,38H,5-7,14-21,23H2,1-4H3,(H,40,45)(H,39,44,46). The summed E-state index contributed by atoms with van der Waals surface area (Å²) in [5, 5.41) is 8.86. The molecule has 11 nitrogen and oxygen atoms in total. The molecule has 2 aromatic carbocycles. The van der Waals surface area contributed by atoms with Gasteiger partial charge in [0.1, 0.15) is 6.04 Å². The van der Waals surface area contributed by atoms with Gasteiger partial charge in [0.25, 0.3) is 17.7 Å². The van der Waals surface area contributed by atoms with Crippen molar-refractivity contribution in [1.29, 1.82) is 0 Å². The number of imide groups is 2. The van der Waals surface area contributed by atoms with E-state index in [2.05, 4.69) is 65.6 Å². The molecule has 48 heavy (non-hydrogen) atoms. The Morgan fingerprint density at radius 3 is 2.21 bits per heavy atom. The summed E-state index contributed by atoms with van der Waals surface area (Å²) >= 11 is 0. The highest BCUT2D eigenvalue weighted by Gasteiger charge is 2.53. The molecule has 2 saturated heterocycles. The highest BCUT2D eigenvalue weighted by Crippen LogP contribution is 2.53. The molecule has 0 radical (unpaired) electrons. The first-order chi connectivity index (χ1) is 22.8. The molecular weight excluding hydrogens is 608 g/mol. The van der Waals surface area contributed by atoms with Gasteiger partial charge in [-0.3, -0.25) is 39.1 Å². The van der Waals surface area contributed by atoms with Gasteiger partial charge in [-0.25, -0.2) is 0 Å². The van der Waals surface area contributed by atoms with Crippen LogP contribution >= 0.6 is 0 Å². The van der Waals surface area contributed by atoms with Crippen LogP contribution in [-0.4, -0.2) is 90.7 Å². The Hall–Kier alpha value is -4.25. The van der Waals surface area contributed by atoms with Crippen LogP contribution in [0.15, 0.2) is 42.5 Å². The van der Waals surface area contributed by atoms with Crippen molar-refractivity contribution in [3.05, 3.63) is 59.2 Å². The molecule has 11 heteroatoms. The largest absolute Gasteiger partial charge is 0.385 e. The molecule has 0 spiro atoms. The zero-order valence-electron chi connectivity index (χ0n) is 28.6. The summed E-state index contributed by atoms with van der Waals surface area (Å²) in [6.45, 7) is 14.6. The second-order valence-electron chi connectivity index (χ2n) is 15.1. The first-order valence-corrected chi connectivity index (χ1v) is 17.3. The summed E-state index contributed by atoms with van der Waals surface area (Å²) in [5.74, 6) is -1.98. The van der Waals surface area contributed by atoms with Gasteiger partial charge in [-0.15, -0.1) is 0 Å². The van der Waals surface area contributed by atoms with Crippen molar-refractivity contribution in [3.63, 3.8) is 0 Å². The second kappa shape index (κ2) is 13.3. The average molecular weight is 657 g/mol. The van der Waals surface area contributed by atoms with Gasteiger partial charge < -0.3 is 15.5 Å². The zero-order chi connectivity index (χ0) is 34.2. The third-order valence-corrected chi connectivity index (χ3v) is 10.5. The van der Waals surface area contributed by atoms with E-state index in [0.29, 0.717) is 5.56 Å². The lowest BCUT2D eigenvalue weighted by atomic mass is 9.52. The molecule has 1 aliphatic carbocycles. The Morgan fingerprint density at radius 2 is 1.54 bits per heavy atom. The number of piperazine rings is 1. The number of rotatable bonds is 11. The number of piperidine rings is 1. The van der Waals surface area contributed by atoms with Gasteiger partial charge >= 0.3 is 0 Å². The van der Waals surface area contributed by atoms with E-state index >= 15 is 0 Å². The SMILES string of the molecule is CC1(C)CC(C)(C)C1NC(=O)c1ccc(N2CCN(CCCCCNc3ccc4c(c3)C(=O)N(C3CCC(=O)NC3=O)C4=O)CC2)cc1. The van der Waals surface area contributed by atoms with Gasteiger partial charge in [-0.1, -0.05) is 34.1 Å². The number of unbranched alkanes of at least 4 members (excludes halogenated alkanes) is 2. The van der Waals surface area contributed by atoms with Crippen LogP contribution in [-0.2, 0) is 9.59 Å². The van der Waals surface area contributed by atoms with Crippen LogP contribution < -0.4 is 20.9 Å². The Kier molecular flexibility index (Phi) is 9.35. The molecule has 1 atom stereocenters. The quantitative estimate of drug-likeness (QED) is 0.244. The average Bonchev–Trinajstić information content (AvgIpc) is 3.29. The Balaban J connectivity index is 0.884. The molecule has 3 fully saturated rings. The lowest BCUT2D eigenvalue weighted by molar-refractivity contribution is -0.136. The van der Waals surface area contributed by atoms with E-state index < -0.39 is 23.8 Å². The van der Waals surface area contributed by atoms with Crippen LogP contribution in [0, 0.1) is 10.8 Å². The van der Waals surface area contributed by atoms with E-state index in [4.69, 9.17) is 0 Å². The van der Waals surface area contributed by atoms with Crippen molar-refractivity contribution >= 4 is 40.9 Å². The number of hydrogen-bond acceptors (Lipinski definition) is 8. The molecule has 6 rings (SSSR count). The predicted octanol–water partition coefficient (Wildman–Crippen LogP) is 4.05. The maximum absolute atomic E-state index is 13.1. The van der Waals surface area contributed by atoms with E-state index in [1.807, 2.05) is 12.1 Å². The maximum atomic E-state index is 13.1. The molecule has 1 unspecified atom stereocenters. The molecule has 2 aromatic rings. The van der Waals surface area contributed by atoms with Gasteiger partial charge in [-0.2, -0.15) is 0 Å². The number of amides is 5. The molecule has 0 bridgehead atoms. The summed E-state index contributed by atoms with van der Waals surface area (Å²) in [5.41, 5.74) is 3.44. The van der Waals surface area contributed by atoms with Crippen LogP contribution in [0.3, 0.4) is 0 Å². The van der Waals surface area contributed by atoms with Crippen LogP contribution in [0.2, 0.25) is 0 Å². The lowest BCUT2D eigenvalue weighted by Gasteiger charge is -2.57. The molecular formula is C37H48N6O5. The minimum absolute atomic E-state index is 0.00431. The van der Waals surface area contributed by atoms with Gasteiger partial charge in [0.2, 0.25) is 11.8 Å². The van der Waals surface area contributed by atoms with Crippen molar-refractivity contribution in [2.75, 3.05) is 49.5 Å². The van der Waals surface area contributed by atoms with Crippen LogP contribution in [0.25, 0.3) is 0 Å². The summed E-state index contributed by atoms with van der Waals surface area (Å²) < 4.78 is 0. The fourth-order valence-corrected chi connectivity index (χ4v) is 8.41. The number of anilines is 2. The van der Waals surface area contributed by atoms with Gasteiger partial charge in [-0.05, 0) is 85.5 Å². The summed E-state index contributed by atoms with van der Waals surface area (Å²) in [4.78, 5) is 68.6. The van der Waals surface area contributed by atoms with E-state index in [9.17, 15) is 24.0 Å². The molecule has 5 amide bonds. The van der Waals surface area contributed by atoms with Gasteiger partial charge in [0, 0.05) is 62.1 Å². The van der Waals surface area contributed by atoms with E-state index in [1.54, 1.807) is 18.2 Å². The first kappa shape index (κ1) is 33.6. The Labute approximate surface area is 282 Å². The Bertz CT molecular complexity index is 1580. The normalized spacial score (nSPS) is 22.3. The number of carbonyl (C=O) groups excluding carboxylic acids is 5. The molecule has 256 valence electrons. The van der Waals surface area contributed by atoms with Crippen molar-refractivity contribution in [3.8, 4) is 0 Å². The molecule has 3 aliphatic heterocycles. The predicted molar refractivity (Wildman–Crippen MR) is 184 cm³/mol. The minimum atomic E-state index is -0.960. The number of fused-ring (bicyclic) bond motifs is 1. The third kappa shape index (κ3) is 6.83. The van der Waals surface area contributed by atoms with Gasteiger partial charge in [0.15, 0.2) is 0 Å². The number of hydrogen-bond donors (Lipinski definition) is 3. The summed E-state index contributed by atoms with van der Waals surface area (Å²) in [7, 11) is 0. The van der Waals surface area contributed by atoms with E-state index in [-0.39, 0.29) is 52.7 Å². The molecule has 0 aromatic heterocycles.